The van der Waals surface area contributed by atoms with Crippen LogP contribution in [0.1, 0.15) is 0 Å². The zero-order valence-corrected chi connectivity index (χ0v) is 9.15. The van der Waals surface area contributed by atoms with Gasteiger partial charge in [0.15, 0.2) is 11.5 Å². The molecule has 0 spiro atoms. The van der Waals surface area contributed by atoms with Gasteiger partial charge < -0.3 is 14.8 Å². The van der Waals surface area contributed by atoms with Gasteiger partial charge in [-0.3, -0.25) is 14.8 Å². The zero-order valence-electron chi connectivity index (χ0n) is 9.15. The van der Waals surface area contributed by atoms with Crippen molar-refractivity contribution >= 4 is 11.5 Å². The number of anilines is 2. The average molecular weight is 247 g/mol. The van der Waals surface area contributed by atoms with E-state index in [0.717, 1.165) is 0 Å². The molecule has 1 aromatic heterocycles. The highest BCUT2D eigenvalue weighted by molar-refractivity contribution is 5.61. The number of aromatic nitrogens is 2. The molecule has 0 atom stereocenters. The number of ether oxygens (including phenoxy) is 2. The quantitative estimate of drug-likeness (QED) is 0.719. The predicted molar refractivity (Wildman–Crippen MR) is 63.5 cm³/mol. The van der Waals surface area contributed by atoms with Crippen LogP contribution < -0.4 is 26.0 Å². The monoisotopic (exact) mass is 247 g/mol. The average Bonchev–Trinajstić information content (AvgIpc) is 2.74. The normalized spacial score (nSPS) is 12.4. The summed E-state index contributed by atoms with van der Waals surface area (Å²) in [6.45, 7) is 0.195. The second-order valence-corrected chi connectivity index (χ2v) is 3.69. The largest absolute Gasteiger partial charge is 0.454 e. The van der Waals surface area contributed by atoms with Gasteiger partial charge >= 0.3 is 5.69 Å². The van der Waals surface area contributed by atoms with Gasteiger partial charge in [0.1, 0.15) is 5.82 Å². The molecule has 3 rings (SSSR count). The molecule has 0 bridgehead atoms. The van der Waals surface area contributed by atoms with E-state index < -0.39 is 11.2 Å². The van der Waals surface area contributed by atoms with Gasteiger partial charge in [-0.05, 0) is 12.1 Å². The van der Waals surface area contributed by atoms with Crippen LogP contribution in [0.3, 0.4) is 0 Å². The Labute approximate surface area is 100 Å². The van der Waals surface area contributed by atoms with Gasteiger partial charge in [0.2, 0.25) is 6.79 Å². The Bertz CT molecular complexity index is 676. The Morgan fingerprint density at radius 1 is 1.06 bits per heavy atom. The van der Waals surface area contributed by atoms with Crippen LogP contribution in [0.25, 0.3) is 0 Å². The van der Waals surface area contributed by atoms with Crippen LogP contribution in [0.2, 0.25) is 0 Å². The van der Waals surface area contributed by atoms with Gasteiger partial charge in [0.25, 0.3) is 5.56 Å². The molecular formula is C11H9N3O4. The van der Waals surface area contributed by atoms with Crippen LogP contribution in [-0.2, 0) is 0 Å². The fourth-order valence-corrected chi connectivity index (χ4v) is 1.67. The number of fused-ring (bicyclic) bond motifs is 1. The molecule has 92 valence electrons. The summed E-state index contributed by atoms with van der Waals surface area (Å²) >= 11 is 0. The molecule has 7 nitrogen and oxygen atoms in total. The van der Waals surface area contributed by atoms with Gasteiger partial charge in [0.05, 0.1) is 0 Å². The van der Waals surface area contributed by atoms with E-state index in [9.17, 15) is 9.59 Å². The lowest BCUT2D eigenvalue weighted by Crippen LogP contribution is -2.22. The van der Waals surface area contributed by atoms with Crippen molar-refractivity contribution in [2.24, 2.45) is 0 Å². The van der Waals surface area contributed by atoms with Gasteiger partial charge in [-0.25, -0.2) is 4.79 Å². The molecule has 1 aliphatic rings. The second-order valence-electron chi connectivity index (χ2n) is 3.69. The number of aromatic amines is 2. The fraction of sp³-hybridized carbons (Fsp3) is 0.0909. The summed E-state index contributed by atoms with van der Waals surface area (Å²) in [5, 5.41) is 2.90. The Balaban J connectivity index is 1.92. The molecule has 2 aromatic rings. The SMILES string of the molecule is O=c1cc(Nc2ccc3c(c2)OCO3)[nH]c(=O)[nH]1. The third kappa shape index (κ3) is 1.93. The number of hydrogen-bond donors (Lipinski definition) is 3. The van der Waals surface area contributed by atoms with Crippen LogP contribution in [0.5, 0.6) is 11.5 Å². The third-order valence-corrected chi connectivity index (χ3v) is 2.41. The van der Waals surface area contributed by atoms with E-state index in [1.165, 1.54) is 6.07 Å². The maximum Gasteiger partial charge on any atom is 0.327 e. The topological polar surface area (TPSA) is 96.2 Å². The van der Waals surface area contributed by atoms with E-state index in [-0.39, 0.29) is 6.79 Å². The summed E-state index contributed by atoms with van der Waals surface area (Å²) in [6.07, 6.45) is 0. The number of nitrogens with one attached hydrogen (secondary N) is 3. The van der Waals surface area contributed by atoms with Crippen LogP contribution in [0.15, 0.2) is 33.9 Å². The van der Waals surface area contributed by atoms with Gasteiger partial charge in [-0.1, -0.05) is 0 Å². The van der Waals surface area contributed by atoms with Gasteiger partial charge in [-0.15, -0.1) is 0 Å². The van der Waals surface area contributed by atoms with Crippen molar-refractivity contribution in [3.63, 3.8) is 0 Å². The first-order valence-electron chi connectivity index (χ1n) is 5.21. The fourth-order valence-electron chi connectivity index (χ4n) is 1.67. The predicted octanol–water partition coefficient (Wildman–Crippen LogP) is 0.535. The molecule has 0 amide bonds. The summed E-state index contributed by atoms with van der Waals surface area (Å²) in [5.74, 6) is 1.59. The van der Waals surface area contributed by atoms with E-state index in [0.29, 0.717) is 23.0 Å². The molecule has 0 radical (unpaired) electrons. The van der Waals surface area contributed by atoms with Crippen LogP contribution >= 0.6 is 0 Å². The van der Waals surface area contributed by atoms with E-state index in [1.807, 2.05) is 0 Å². The lowest BCUT2D eigenvalue weighted by atomic mass is 10.3. The first-order valence-corrected chi connectivity index (χ1v) is 5.21. The van der Waals surface area contributed by atoms with Crippen molar-refractivity contribution in [1.82, 2.24) is 9.97 Å². The molecule has 0 saturated heterocycles. The van der Waals surface area contributed by atoms with Gasteiger partial charge in [-0.2, -0.15) is 0 Å². The first-order chi connectivity index (χ1) is 8.70. The number of hydrogen-bond acceptors (Lipinski definition) is 5. The summed E-state index contributed by atoms with van der Waals surface area (Å²) in [5.41, 5.74) is -0.353. The highest BCUT2D eigenvalue weighted by Gasteiger charge is 2.13. The first kappa shape index (κ1) is 10.5. The Morgan fingerprint density at radius 2 is 1.89 bits per heavy atom. The highest BCUT2D eigenvalue weighted by atomic mass is 16.7. The second kappa shape index (κ2) is 3.95. The standard InChI is InChI=1S/C11H9N3O4/c15-10-4-9(13-11(16)14-10)12-6-1-2-7-8(3-6)18-5-17-7/h1-4H,5H2,(H3,12,13,14,15,16). The summed E-state index contributed by atoms with van der Waals surface area (Å²) in [7, 11) is 0. The summed E-state index contributed by atoms with van der Waals surface area (Å²) in [6, 6.07) is 6.48. The van der Waals surface area contributed by atoms with Crippen molar-refractivity contribution in [3.05, 3.63) is 45.1 Å². The van der Waals surface area contributed by atoms with Crippen LogP contribution in [-0.4, -0.2) is 16.8 Å². The molecule has 3 N–H and O–H groups in total. The molecule has 0 fully saturated rings. The molecule has 18 heavy (non-hydrogen) atoms. The van der Waals surface area contributed by atoms with E-state index in [2.05, 4.69) is 15.3 Å². The maximum absolute atomic E-state index is 11.1. The molecule has 0 aliphatic carbocycles. The van der Waals surface area contributed by atoms with E-state index in [4.69, 9.17) is 9.47 Å². The molecule has 0 unspecified atom stereocenters. The van der Waals surface area contributed by atoms with Crippen molar-refractivity contribution in [3.8, 4) is 11.5 Å². The van der Waals surface area contributed by atoms with Crippen LogP contribution in [0.4, 0.5) is 11.5 Å². The van der Waals surface area contributed by atoms with Crippen molar-refractivity contribution in [2.45, 2.75) is 0 Å². The summed E-state index contributed by atoms with van der Waals surface area (Å²) in [4.78, 5) is 26.8. The van der Waals surface area contributed by atoms with E-state index in [1.54, 1.807) is 18.2 Å². The molecule has 2 heterocycles. The smallest absolute Gasteiger partial charge is 0.327 e. The van der Waals surface area contributed by atoms with Crippen molar-refractivity contribution in [2.75, 3.05) is 12.1 Å². The highest BCUT2D eigenvalue weighted by Crippen LogP contribution is 2.34. The van der Waals surface area contributed by atoms with Crippen LogP contribution in [0, 0.1) is 0 Å². The third-order valence-electron chi connectivity index (χ3n) is 2.41. The van der Waals surface area contributed by atoms with Gasteiger partial charge in [0, 0.05) is 17.8 Å². The Hall–Kier alpha value is -2.70. The lowest BCUT2D eigenvalue weighted by Gasteiger charge is -2.06. The minimum absolute atomic E-state index is 0.195. The Kier molecular flexibility index (Phi) is 2.30. The minimum atomic E-state index is -0.564. The summed E-state index contributed by atoms with van der Waals surface area (Å²) < 4.78 is 10.4. The molecule has 1 aromatic carbocycles. The molecule has 7 heteroatoms. The molecule has 1 aliphatic heterocycles. The Morgan fingerprint density at radius 3 is 2.72 bits per heavy atom. The minimum Gasteiger partial charge on any atom is -0.454 e. The number of H-pyrrole nitrogens is 2. The molecule has 0 saturated carbocycles. The zero-order chi connectivity index (χ0) is 12.5. The van der Waals surface area contributed by atoms with Crippen molar-refractivity contribution in [1.29, 1.82) is 0 Å². The number of rotatable bonds is 2. The number of benzene rings is 1. The molecular weight excluding hydrogens is 238 g/mol. The van der Waals surface area contributed by atoms with E-state index >= 15 is 0 Å². The van der Waals surface area contributed by atoms with Crippen molar-refractivity contribution < 1.29 is 9.47 Å². The lowest BCUT2D eigenvalue weighted by molar-refractivity contribution is 0.174. The maximum atomic E-state index is 11.1.